The third-order valence-electron chi connectivity index (χ3n) is 22.9. The maximum atomic E-state index is 11.0. The van der Waals surface area contributed by atoms with Gasteiger partial charge in [0.05, 0.1) is 33.9 Å². The van der Waals surface area contributed by atoms with Gasteiger partial charge in [-0.1, -0.05) is 459 Å². The first kappa shape index (κ1) is 108. The van der Waals surface area contributed by atoms with Crippen molar-refractivity contribution in [1.82, 2.24) is 0 Å². The summed E-state index contributed by atoms with van der Waals surface area (Å²) in [6.07, 6.45) is 101. The molecule has 0 saturated heterocycles. The monoisotopic (exact) mass is 1680 g/mol. The molecule has 0 radical (unpaired) electrons. The first-order valence-electron chi connectivity index (χ1n) is 47.9. The van der Waals surface area contributed by atoms with Gasteiger partial charge in [0.25, 0.3) is 0 Å². The Morgan fingerprint density at radius 2 is 0.513 bits per heavy atom. The number of nitrogens with zero attached hydrogens (tertiary/aromatic N) is 2. The Morgan fingerprint density at radius 1 is 0.296 bits per heavy atom. The summed E-state index contributed by atoms with van der Waals surface area (Å²) in [4.78, 5) is 32.2. The maximum absolute atomic E-state index is 11.0. The van der Waals surface area contributed by atoms with Gasteiger partial charge in [-0.3, -0.25) is 9.98 Å². The van der Waals surface area contributed by atoms with Crippen LogP contribution in [-0.2, 0) is 33.3 Å². The second-order valence-corrected chi connectivity index (χ2v) is 33.4. The van der Waals surface area contributed by atoms with Gasteiger partial charge in [0.15, 0.2) is 0 Å². The molecule has 0 amide bonds. The Hall–Kier alpha value is -5.50. The zero-order valence-corrected chi connectivity index (χ0v) is 76.1. The number of unbranched alkanes of at least 4 members (excludes halogenated alkanes) is 56. The van der Waals surface area contributed by atoms with Gasteiger partial charge >= 0.3 is 32.4 Å². The van der Waals surface area contributed by atoms with Crippen LogP contribution in [0.1, 0.15) is 482 Å². The van der Waals surface area contributed by atoms with E-state index in [4.69, 9.17) is 30.4 Å². The van der Waals surface area contributed by atoms with Crippen molar-refractivity contribution >= 4 is 34.7 Å². The number of carboxylic acids is 2. The number of aryl methyl sites for hydroxylation is 4. The van der Waals surface area contributed by atoms with Crippen molar-refractivity contribution in [2.45, 2.75) is 465 Å². The van der Waals surface area contributed by atoms with Crippen LogP contribution in [0.15, 0.2) is 107 Å². The normalized spacial score (nSPS) is 11.7. The Bertz CT molecular complexity index is 3010. The summed E-state index contributed by atoms with van der Waals surface area (Å²) in [5.74, 6) is -5.34. The van der Waals surface area contributed by atoms with Crippen LogP contribution in [0.2, 0.25) is 0 Å². The summed E-state index contributed by atoms with van der Waals surface area (Å²) < 4.78 is 0. The molecule has 0 saturated carbocycles. The largest absolute Gasteiger partial charge is 2.00 e. The number of rotatable bonds is 73. The Kier molecular flexibility index (Phi) is 73.3. The van der Waals surface area contributed by atoms with Crippen LogP contribution in [0.5, 0.6) is 23.0 Å². The summed E-state index contributed by atoms with van der Waals surface area (Å²) in [5.41, 5.74) is 7.49. The topological polar surface area (TPSA) is 186 Å². The average molecular weight is 1680 g/mol. The van der Waals surface area contributed by atoms with Gasteiger partial charge in [-0.15, -0.1) is 0 Å². The fourth-order valence-corrected chi connectivity index (χ4v) is 15.5. The fourth-order valence-electron chi connectivity index (χ4n) is 15.5. The zero-order valence-electron chi connectivity index (χ0n) is 74.5. The van der Waals surface area contributed by atoms with Crippen LogP contribution in [-0.4, -0.2) is 43.8 Å². The van der Waals surface area contributed by atoms with Crippen molar-refractivity contribution in [2.75, 3.05) is 0 Å². The molecule has 4 rings (SSSR count). The minimum Gasteiger partial charge on any atom is -0.869 e. The first-order chi connectivity index (χ1) is 55.8. The molecule has 0 aliphatic heterocycles. The smallest absolute Gasteiger partial charge is 0.869 e. The van der Waals surface area contributed by atoms with E-state index in [2.05, 4.69) is 101 Å². The maximum Gasteiger partial charge on any atom is 2.00 e. The number of aromatic carboxylic acids is 2. The number of carboxylic acid groups (broad SMARTS) is 2. The number of para-hydroxylation sites is 2. The predicted molar refractivity (Wildman–Crippen MR) is 489 cm³/mol. The number of benzene rings is 4. The van der Waals surface area contributed by atoms with E-state index in [1.54, 1.807) is 0 Å². The zero-order chi connectivity index (χ0) is 82.6. The minimum atomic E-state index is -1.31. The van der Waals surface area contributed by atoms with Crippen molar-refractivity contribution in [2.24, 2.45) is 9.98 Å². The Morgan fingerprint density at radius 3 is 0.757 bits per heavy atom. The molecular weight excluding hydrogens is 1510 g/mol. The van der Waals surface area contributed by atoms with Crippen LogP contribution >= 0.6 is 0 Å². The van der Waals surface area contributed by atoms with Crippen LogP contribution < -0.4 is 10.2 Å². The number of aromatic hydroxyl groups is 2. The molecule has 0 aliphatic rings. The number of hydrogen-bond acceptors (Lipinski definition) is 8. The molecule has 0 aliphatic carbocycles. The minimum absolute atomic E-state index is 0. The molecule has 654 valence electrons. The number of phenols is 2. The second-order valence-electron chi connectivity index (χ2n) is 33.4. The van der Waals surface area contributed by atoms with Gasteiger partial charge in [0, 0.05) is 0 Å². The van der Waals surface area contributed by atoms with Crippen LogP contribution in [0.3, 0.4) is 0 Å². The quantitative estimate of drug-likeness (QED) is 0.0146. The Balaban J connectivity index is 0.00000223. The first-order valence-corrected chi connectivity index (χ1v) is 47.9. The number of hydrogen-bond donors (Lipinski definition) is 4. The Labute approximate surface area is 719 Å². The summed E-state index contributed by atoms with van der Waals surface area (Å²) in [6, 6.07) is 23.2. The molecule has 0 atom stereocenters. The standard InChI is InChI=1S/C88H156N2.2C8H8O4.Pd/c1-5-9-13-16-19-22-25-27-29-31-33-35-37-39-41-43-45-47-49-51-53-55-57-59-62-65-68-75-83-77-71-73-80-85(83)89-87(79-12-8-4)88(82-70-67-64-61-24-21-18-15-11-7-3)90-86-81-74-72-78-84(86)76-69-66-63-60-58-56-54-52-50-48-46-44-42-40-38-36-34-32-30-28-26-23-20-17-14-10-6-2;2*1-4-2-3-5(9)7(10)6(4)8(11)12;/h62-63,65-66,71-74,77-78,80-81H,5-61,64,67-70,75-76,79,82H2,1-4H3;2*2-3,9-10H,1H3,(H,11,12);/q;;;+2/p-2. The fraction of sp³-hybridized carbons (Fsp3) is 0.692. The molecule has 0 bridgehead atoms. The molecule has 0 unspecified atom stereocenters. The third kappa shape index (κ3) is 58.9. The number of allylic oxidation sites excluding steroid dienone is 4. The second kappa shape index (κ2) is 78.4. The average Bonchev–Trinajstić information content (AvgIpc) is 0.847. The van der Waals surface area contributed by atoms with Crippen molar-refractivity contribution in [3.63, 3.8) is 0 Å². The van der Waals surface area contributed by atoms with E-state index in [-0.39, 0.29) is 31.5 Å². The van der Waals surface area contributed by atoms with E-state index < -0.39 is 34.9 Å². The molecule has 11 heteroatoms. The molecule has 0 spiro atoms. The van der Waals surface area contributed by atoms with E-state index in [1.807, 2.05) is 0 Å². The number of carbonyl (C=O) groups is 2. The van der Waals surface area contributed by atoms with E-state index in [9.17, 15) is 19.8 Å². The van der Waals surface area contributed by atoms with Crippen LogP contribution in [0.4, 0.5) is 11.4 Å². The van der Waals surface area contributed by atoms with E-state index in [0.29, 0.717) is 11.1 Å². The molecule has 10 nitrogen and oxygen atoms in total. The van der Waals surface area contributed by atoms with Crippen molar-refractivity contribution < 1.29 is 60.7 Å². The molecule has 4 aromatic carbocycles. The molecule has 0 fully saturated rings. The van der Waals surface area contributed by atoms with Crippen molar-refractivity contribution in [1.29, 1.82) is 0 Å². The van der Waals surface area contributed by atoms with Gasteiger partial charge in [0.2, 0.25) is 0 Å². The van der Waals surface area contributed by atoms with Gasteiger partial charge in [-0.25, -0.2) is 9.59 Å². The van der Waals surface area contributed by atoms with Crippen LogP contribution in [0, 0.1) is 13.8 Å². The molecule has 4 aromatic rings. The summed E-state index contributed by atoms with van der Waals surface area (Å²) in [5, 5.41) is 56.9. The van der Waals surface area contributed by atoms with Crippen LogP contribution in [0.25, 0.3) is 0 Å². The van der Waals surface area contributed by atoms with Gasteiger partial charge < -0.3 is 30.6 Å². The number of phenolic OH excluding ortho intramolecular Hbond substituents is 2. The molecule has 115 heavy (non-hydrogen) atoms. The van der Waals surface area contributed by atoms with Gasteiger partial charge in [0.1, 0.15) is 11.5 Å². The summed E-state index contributed by atoms with van der Waals surface area (Å²) in [7, 11) is 0. The van der Waals surface area contributed by atoms with E-state index in [1.165, 1.54) is 439 Å². The van der Waals surface area contributed by atoms with Gasteiger partial charge in [-0.2, -0.15) is 0 Å². The van der Waals surface area contributed by atoms with Crippen molar-refractivity contribution in [3.05, 3.63) is 130 Å². The predicted octanol–water partition coefficient (Wildman–Crippen LogP) is 32.7. The molecular formula is C104H170N2O8Pd. The van der Waals surface area contributed by atoms with Crippen molar-refractivity contribution in [3.8, 4) is 23.0 Å². The SMILES string of the molecule is CCCCCCCCCCCCCCCCCCCCCCCCCC=CCCc1ccccc1N=C(CCCC)C(CCCCCCCCCCCC)=Nc1ccccc1CCC=CCCCCCCCCCCCCCCCCCCCCCCCCC.Cc1ccc(O)c([O-])c1C(=O)O.Cc1ccc(O)c([O-])c1C(=O)O.[Pd+2]. The van der Waals surface area contributed by atoms with Gasteiger partial charge in [-0.05, 0) is 137 Å². The third-order valence-corrected chi connectivity index (χ3v) is 22.9. The number of aliphatic imine (C=N–C) groups is 2. The van der Waals surface area contributed by atoms with E-state index >= 15 is 0 Å². The molecule has 0 aromatic heterocycles. The molecule has 0 heterocycles. The molecule has 4 N–H and O–H groups in total. The van der Waals surface area contributed by atoms with E-state index in [0.717, 1.165) is 56.3 Å². The summed E-state index contributed by atoms with van der Waals surface area (Å²) in [6.45, 7) is 12.3. The summed E-state index contributed by atoms with van der Waals surface area (Å²) >= 11 is 0.